The number of carbonyl (C=O) groups excluding carboxylic acids is 1. The van der Waals surface area contributed by atoms with Crippen molar-refractivity contribution < 1.29 is 14.3 Å². The van der Waals surface area contributed by atoms with Gasteiger partial charge in [-0.25, -0.2) is 9.78 Å². The fraction of sp³-hybridized carbons (Fsp3) is 0.400. The van der Waals surface area contributed by atoms with Crippen LogP contribution in [0.3, 0.4) is 0 Å². The molecule has 0 aliphatic carbocycles. The van der Waals surface area contributed by atoms with E-state index in [2.05, 4.69) is 34.4 Å². The van der Waals surface area contributed by atoms with Crippen LogP contribution in [0.25, 0.3) is 0 Å². The van der Waals surface area contributed by atoms with Gasteiger partial charge in [0.2, 0.25) is 0 Å². The number of pyridine rings is 1. The minimum absolute atomic E-state index is 0.177. The Morgan fingerprint density at radius 1 is 1.26 bits per heavy atom. The Morgan fingerprint density at radius 2 is 2.04 bits per heavy atom. The van der Waals surface area contributed by atoms with Crippen LogP contribution in [0.15, 0.2) is 42.6 Å². The van der Waals surface area contributed by atoms with Crippen LogP contribution in [-0.4, -0.2) is 43.4 Å². The second-order valence-electron chi connectivity index (χ2n) is 6.73. The lowest BCUT2D eigenvalue weighted by atomic mass is 10.2. The zero-order chi connectivity index (χ0) is 19.2. The summed E-state index contributed by atoms with van der Waals surface area (Å²) in [7, 11) is 1.62. The average molecular weight is 370 g/mol. The lowest BCUT2D eigenvalue weighted by Gasteiger charge is -2.36. The van der Waals surface area contributed by atoms with E-state index < -0.39 is 0 Å². The van der Waals surface area contributed by atoms with Crippen LogP contribution in [0.4, 0.5) is 16.3 Å². The van der Waals surface area contributed by atoms with Gasteiger partial charge in [0.15, 0.2) is 0 Å². The number of nitrogens with zero attached hydrogens (tertiary/aromatic N) is 2. The highest BCUT2D eigenvalue weighted by atomic mass is 16.5. The molecule has 1 aliphatic heterocycles. The number of benzene rings is 1. The van der Waals surface area contributed by atoms with E-state index in [9.17, 15) is 4.79 Å². The number of carbonyl (C=O) groups is 1. The average Bonchev–Trinajstić information content (AvgIpc) is 2.66. The molecule has 1 fully saturated rings. The van der Waals surface area contributed by atoms with Gasteiger partial charge in [-0.05, 0) is 43.7 Å². The summed E-state index contributed by atoms with van der Waals surface area (Å²) < 4.78 is 10.9. The first-order valence-corrected chi connectivity index (χ1v) is 9.07. The quantitative estimate of drug-likeness (QED) is 0.846. The van der Waals surface area contributed by atoms with Gasteiger partial charge in [0, 0.05) is 19.6 Å². The molecule has 0 bridgehead atoms. The number of anilines is 2. The first-order chi connectivity index (χ1) is 13.0. The van der Waals surface area contributed by atoms with Crippen LogP contribution in [0.2, 0.25) is 0 Å². The number of amides is 2. The molecule has 2 heterocycles. The van der Waals surface area contributed by atoms with E-state index in [0.29, 0.717) is 12.2 Å². The van der Waals surface area contributed by atoms with Crippen molar-refractivity contribution in [2.45, 2.75) is 32.6 Å². The predicted molar refractivity (Wildman–Crippen MR) is 105 cm³/mol. The summed E-state index contributed by atoms with van der Waals surface area (Å²) in [5.41, 5.74) is 1.62. The van der Waals surface area contributed by atoms with Crippen molar-refractivity contribution in [1.82, 2.24) is 10.3 Å². The summed E-state index contributed by atoms with van der Waals surface area (Å²) in [6.45, 7) is 6.16. The van der Waals surface area contributed by atoms with Crippen LogP contribution in [0, 0.1) is 0 Å². The molecule has 2 unspecified atom stereocenters. The van der Waals surface area contributed by atoms with Gasteiger partial charge < -0.3 is 25.0 Å². The fourth-order valence-electron chi connectivity index (χ4n) is 3.15. The van der Waals surface area contributed by atoms with Crippen LogP contribution >= 0.6 is 0 Å². The normalized spacial score (nSPS) is 19.4. The molecular weight excluding hydrogens is 344 g/mol. The standard InChI is InChI=1S/C20H26N4O3/c1-14-12-24(13-15(2)27-14)19-8-7-17(11-21-19)23-20(25)22-10-16-5-4-6-18(9-16)26-3/h4-9,11,14-15H,10,12-13H2,1-3H3,(H2,22,23,25). The van der Waals surface area contributed by atoms with Gasteiger partial charge in [0.1, 0.15) is 11.6 Å². The molecule has 1 aromatic carbocycles. The highest BCUT2D eigenvalue weighted by Gasteiger charge is 2.23. The number of rotatable bonds is 5. The molecule has 2 aromatic rings. The molecule has 7 nitrogen and oxygen atoms in total. The van der Waals surface area contributed by atoms with Gasteiger partial charge in [0.05, 0.1) is 31.2 Å². The molecule has 0 spiro atoms. The number of methoxy groups -OCH3 is 1. The number of hydrogen-bond acceptors (Lipinski definition) is 5. The lowest BCUT2D eigenvalue weighted by molar-refractivity contribution is -0.00545. The number of aromatic nitrogens is 1. The molecule has 2 N–H and O–H groups in total. The zero-order valence-electron chi connectivity index (χ0n) is 15.9. The van der Waals surface area contributed by atoms with Crippen LogP contribution in [0.1, 0.15) is 19.4 Å². The predicted octanol–water partition coefficient (Wildman–Crippen LogP) is 3.03. The summed E-state index contributed by atoms with van der Waals surface area (Å²) in [6.07, 6.45) is 2.03. The van der Waals surface area contributed by atoms with Crippen molar-refractivity contribution >= 4 is 17.5 Å². The van der Waals surface area contributed by atoms with E-state index in [1.54, 1.807) is 13.3 Å². The molecule has 1 aromatic heterocycles. The third-order valence-electron chi connectivity index (χ3n) is 4.34. The van der Waals surface area contributed by atoms with E-state index in [0.717, 1.165) is 30.2 Å². The van der Waals surface area contributed by atoms with E-state index in [4.69, 9.17) is 9.47 Å². The Labute approximate surface area is 159 Å². The van der Waals surface area contributed by atoms with Crippen molar-refractivity contribution in [2.24, 2.45) is 0 Å². The molecule has 1 saturated heterocycles. The third-order valence-corrected chi connectivity index (χ3v) is 4.34. The van der Waals surface area contributed by atoms with Crippen molar-refractivity contribution in [2.75, 3.05) is 30.4 Å². The molecular formula is C20H26N4O3. The maximum Gasteiger partial charge on any atom is 0.319 e. The first kappa shape index (κ1) is 19.0. The molecule has 2 amide bonds. The molecule has 0 saturated carbocycles. The number of morpholine rings is 1. The Morgan fingerprint density at radius 3 is 2.70 bits per heavy atom. The largest absolute Gasteiger partial charge is 0.497 e. The molecule has 2 atom stereocenters. The van der Waals surface area contributed by atoms with E-state index >= 15 is 0 Å². The highest BCUT2D eigenvalue weighted by Crippen LogP contribution is 2.19. The summed E-state index contributed by atoms with van der Waals surface area (Å²) in [4.78, 5) is 18.8. The Kier molecular flexibility index (Phi) is 6.13. The third kappa shape index (κ3) is 5.34. The smallest absolute Gasteiger partial charge is 0.319 e. The van der Waals surface area contributed by atoms with Crippen LogP contribution in [0.5, 0.6) is 5.75 Å². The number of ether oxygens (including phenoxy) is 2. The lowest BCUT2D eigenvalue weighted by Crippen LogP contribution is -2.45. The van der Waals surface area contributed by atoms with E-state index in [1.165, 1.54) is 0 Å². The minimum Gasteiger partial charge on any atom is -0.497 e. The molecule has 0 radical (unpaired) electrons. The van der Waals surface area contributed by atoms with Crippen molar-refractivity contribution in [3.63, 3.8) is 0 Å². The van der Waals surface area contributed by atoms with E-state index in [1.807, 2.05) is 36.4 Å². The summed E-state index contributed by atoms with van der Waals surface area (Å²) in [5, 5.41) is 5.63. The van der Waals surface area contributed by atoms with Crippen LogP contribution in [-0.2, 0) is 11.3 Å². The molecule has 27 heavy (non-hydrogen) atoms. The van der Waals surface area contributed by atoms with Crippen molar-refractivity contribution in [1.29, 1.82) is 0 Å². The van der Waals surface area contributed by atoms with Gasteiger partial charge in [-0.3, -0.25) is 0 Å². The van der Waals surface area contributed by atoms with Crippen molar-refractivity contribution in [3.8, 4) is 5.75 Å². The van der Waals surface area contributed by atoms with Gasteiger partial charge >= 0.3 is 6.03 Å². The van der Waals surface area contributed by atoms with Gasteiger partial charge in [-0.1, -0.05) is 12.1 Å². The molecule has 3 rings (SSSR count). The first-order valence-electron chi connectivity index (χ1n) is 9.07. The second kappa shape index (κ2) is 8.73. The highest BCUT2D eigenvalue weighted by molar-refractivity contribution is 5.89. The van der Waals surface area contributed by atoms with Gasteiger partial charge in [0.25, 0.3) is 0 Å². The molecule has 7 heteroatoms. The number of nitrogens with one attached hydrogen (secondary N) is 2. The Hall–Kier alpha value is -2.80. The van der Waals surface area contributed by atoms with Crippen LogP contribution < -0.4 is 20.3 Å². The molecule has 144 valence electrons. The SMILES string of the molecule is COc1cccc(CNC(=O)Nc2ccc(N3CC(C)OC(C)C3)nc2)c1. The van der Waals surface area contributed by atoms with Crippen molar-refractivity contribution in [3.05, 3.63) is 48.2 Å². The zero-order valence-corrected chi connectivity index (χ0v) is 15.9. The molecule has 1 aliphatic rings. The maximum absolute atomic E-state index is 12.1. The fourth-order valence-corrected chi connectivity index (χ4v) is 3.15. The van der Waals surface area contributed by atoms with E-state index in [-0.39, 0.29) is 18.2 Å². The summed E-state index contributed by atoms with van der Waals surface area (Å²) >= 11 is 0. The monoisotopic (exact) mass is 370 g/mol. The van der Waals surface area contributed by atoms with Gasteiger partial charge in [-0.2, -0.15) is 0 Å². The Bertz CT molecular complexity index is 756. The second-order valence-corrected chi connectivity index (χ2v) is 6.73. The summed E-state index contributed by atoms with van der Waals surface area (Å²) in [5.74, 6) is 1.65. The topological polar surface area (TPSA) is 75.7 Å². The number of urea groups is 1. The number of hydrogen-bond donors (Lipinski definition) is 2. The summed E-state index contributed by atoms with van der Waals surface area (Å²) in [6, 6.07) is 11.1. The minimum atomic E-state index is -0.277. The van der Waals surface area contributed by atoms with Gasteiger partial charge in [-0.15, -0.1) is 0 Å². The maximum atomic E-state index is 12.1. The Balaban J connectivity index is 1.52.